The van der Waals surface area contributed by atoms with Crippen LogP contribution in [0.5, 0.6) is 0 Å². The average Bonchev–Trinajstić information content (AvgIpc) is 2.77. The lowest BCUT2D eigenvalue weighted by Crippen LogP contribution is -2.14. The fourth-order valence-corrected chi connectivity index (χ4v) is 1.93. The number of nitrogens with one attached hydrogen (secondary N) is 1. The summed E-state index contributed by atoms with van der Waals surface area (Å²) in [7, 11) is 0. The van der Waals surface area contributed by atoms with Gasteiger partial charge in [-0.3, -0.25) is 4.79 Å². The van der Waals surface area contributed by atoms with Gasteiger partial charge in [0.25, 0.3) is 5.91 Å². The summed E-state index contributed by atoms with van der Waals surface area (Å²) >= 11 is 3.09. The number of aryl methyl sites for hydroxylation is 1. The van der Waals surface area contributed by atoms with E-state index in [1.807, 2.05) is 0 Å². The Labute approximate surface area is 120 Å². The maximum Gasteiger partial charge on any atom is 0.416 e. The van der Waals surface area contributed by atoms with Crippen molar-refractivity contribution in [3.05, 3.63) is 51.9 Å². The van der Waals surface area contributed by atoms with Crippen LogP contribution in [0, 0.1) is 6.92 Å². The van der Waals surface area contributed by atoms with E-state index in [4.69, 9.17) is 4.42 Å². The van der Waals surface area contributed by atoms with Crippen molar-refractivity contribution in [2.75, 3.05) is 5.32 Å². The molecule has 0 fully saturated rings. The number of benzene rings is 1. The number of carbonyl (C=O) groups excluding carboxylic acids is 1. The summed E-state index contributed by atoms with van der Waals surface area (Å²) in [5, 5.41) is 2.39. The lowest BCUT2D eigenvalue weighted by atomic mass is 10.2. The standard InChI is InChI=1S/C13H9BrF3NO2/c1-7-4-5-20-11(7)12(19)18-10-6-8(13(15,16)17)2-3-9(10)14/h2-6H,1H3,(H,18,19). The predicted octanol–water partition coefficient (Wildman–Crippen LogP) is 4.62. The van der Waals surface area contributed by atoms with E-state index in [-0.39, 0.29) is 11.4 Å². The summed E-state index contributed by atoms with van der Waals surface area (Å²) in [6.45, 7) is 1.67. The highest BCUT2D eigenvalue weighted by Crippen LogP contribution is 2.34. The van der Waals surface area contributed by atoms with E-state index in [2.05, 4.69) is 21.2 Å². The summed E-state index contributed by atoms with van der Waals surface area (Å²) in [5.41, 5.74) is -0.210. The Morgan fingerprint density at radius 3 is 2.55 bits per heavy atom. The van der Waals surface area contributed by atoms with Crippen LogP contribution in [-0.2, 0) is 6.18 Å². The summed E-state index contributed by atoms with van der Waals surface area (Å²) in [6.07, 6.45) is -3.13. The van der Waals surface area contributed by atoms with E-state index >= 15 is 0 Å². The number of hydrogen-bond acceptors (Lipinski definition) is 2. The van der Waals surface area contributed by atoms with Gasteiger partial charge in [-0.1, -0.05) is 0 Å². The third kappa shape index (κ3) is 3.04. The molecule has 3 nitrogen and oxygen atoms in total. The van der Waals surface area contributed by atoms with Crippen molar-refractivity contribution < 1.29 is 22.4 Å². The van der Waals surface area contributed by atoms with Crippen LogP contribution in [-0.4, -0.2) is 5.91 Å². The Morgan fingerprint density at radius 2 is 2.00 bits per heavy atom. The van der Waals surface area contributed by atoms with Crippen LogP contribution in [0.4, 0.5) is 18.9 Å². The van der Waals surface area contributed by atoms with Crippen LogP contribution in [0.2, 0.25) is 0 Å². The molecule has 7 heteroatoms. The second-order valence-corrected chi connectivity index (χ2v) is 4.93. The van der Waals surface area contributed by atoms with Crippen LogP contribution < -0.4 is 5.32 Å². The van der Waals surface area contributed by atoms with Crippen LogP contribution >= 0.6 is 15.9 Å². The van der Waals surface area contributed by atoms with Gasteiger partial charge in [-0.05, 0) is 47.1 Å². The van der Waals surface area contributed by atoms with Gasteiger partial charge in [0.2, 0.25) is 0 Å². The molecule has 0 radical (unpaired) electrons. The first kappa shape index (κ1) is 14.6. The summed E-state index contributed by atoms with van der Waals surface area (Å²) in [6, 6.07) is 4.61. The number of alkyl halides is 3. The molecule has 1 heterocycles. The third-order valence-electron chi connectivity index (χ3n) is 2.61. The zero-order valence-electron chi connectivity index (χ0n) is 10.2. The summed E-state index contributed by atoms with van der Waals surface area (Å²) in [4.78, 5) is 11.9. The van der Waals surface area contributed by atoms with Crippen molar-refractivity contribution >= 4 is 27.5 Å². The van der Waals surface area contributed by atoms with Crippen LogP contribution in [0.15, 0.2) is 39.4 Å². The molecular formula is C13H9BrF3NO2. The van der Waals surface area contributed by atoms with E-state index < -0.39 is 17.6 Å². The van der Waals surface area contributed by atoms with Crippen molar-refractivity contribution in [1.82, 2.24) is 0 Å². The summed E-state index contributed by atoms with van der Waals surface area (Å²) < 4.78 is 43.2. The Bertz CT molecular complexity index is 649. The van der Waals surface area contributed by atoms with Gasteiger partial charge in [-0.2, -0.15) is 13.2 Å². The normalized spacial score (nSPS) is 11.4. The molecule has 0 atom stereocenters. The van der Waals surface area contributed by atoms with Crippen molar-refractivity contribution in [2.24, 2.45) is 0 Å². The molecule has 0 aliphatic rings. The molecule has 0 saturated heterocycles. The topological polar surface area (TPSA) is 42.2 Å². The monoisotopic (exact) mass is 347 g/mol. The molecule has 0 aliphatic heterocycles. The Hall–Kier alpha value is -1.76. The molecule has 20 heavy (non-hydrogen) atoms. The minimum absolute atomic E-state index is 0.0284. The zero-order valence-corrected chi connectivity index (χ0v) is 11.8. The SMILES string of the molecule is Cc1ccoc1C(=O)Nc1cc(C(F)(F)F)ccc1Br. The second-order valence-electron chi connectivity index (χ2n) is 4.08. The molecule has 1 amide bonds. The molecule has 1 aromatic carbocycles. The van der Waals surface area contributed by atoms with Gasteiger partial charge in [0.1, 0.15) is 0 Å². The highest BCUT2D eigenvalue weighted by Gasteiger charge is 2.31. The zero-order chi connectivity index (χ0) is 14.9. The van der Waals surface area contributed by atoms with Gasteiger partial charge in [0.15, 0.2) is 5.76 Å². The van der Waals surface area contributed by atoms with Crippen LogP contribution in [0.25, 0.3) is 0 Å². The van der Waals surface area contributed by atoms with E-state index in [0.29, 0.717) is 10.0 Å². The minimum atomic E-state index is -4.47. The van der Waals surface area contributed by atoms with Crippen molar-refractivity contribution in [3.63, 3.8) is 0 Å². The second kappa shape index (κ2) is 5.32. The van der Waals surface area contributed by atoms with E-state index in [1.165, 1.54) is 12.3 Å². The molecule has 0 bridgehead atoms. The molecular weight excluding hydrogens is 339 g/mol. The first-order valence-corrected chi connectivity index (χ1v) is 6.30. The Kier molecular flexibility index (Phi) is 3.89. The van der Waals surface area contributed by atoms with Crippen LogP contribution in [0.3, 0.4) is 0 Å². The first-order chi connectivity index (χ1) is 9.29. The lowest BCUT2D eigenvalue weighted by molar-refractivity contribution is -0.137. The smallest absolute Gasteiger partial charge is 0.416 e. The largest absolute Gasteiger partial charge is 0.459 e. The molecule has 1 N–H and O–H groups in total. The molecule has 0 unspecified atom stereocenters. The number of carbonyl (C=O) groups is 1. The predicted molar refractivity (Wildman–Crippen MR) is 70.5 cm³/mol. The fourth-order valence-electron chi connectivity index (χ4n) is 1.58. The highest BCUT2D eigenvalue weighted by molar-refractivity contribution is 9.10. The number of amides is 1. The summed E-state index contributed by atoms with van der Waals surface area (Å²) in [5.74, 6) is -0.540. The lowest BCUT2D eigenvalue weighted by Gasteiger charge is -2.11. The van der Waals surface area contributed by atoms with Gasteiger partial charge in [0, 0.05) is 10.0 Å². The molecule has 2 aromatic rings. The maximum atomic E-state index is 12.6. The average molecular weight is 348 g/mol. The molecule has 106 valence electrons. The maximum absolute atomic E-state index is 12.6. The molecule has 2 rings (SSSR count). The van der Waals surface area contributed by atoms with E-state index in [9.17, 15) is 18.0 Å². The quantitative estimate of drug-likeness (QED) is 0.860. The molecule has 0 spiro atoms. The van der Waals surface area contributed by atoms with Gasteiger partial charge in [-0.15, -0.1) is 0 Å². The molecule has 1 aromatic heterocycles. The minimum Gasteiger partial charge on any atom is -0.459 e. The van der Waals surface area contributed by atoms with Crippen molar-refractivity contribution in [3.8, 4) is 0 Å². The highest BCUT2D eigenvalue weighted by atomic mass is 79.9. The third-order valence-corrected chi connectivity index (χ3v) is 3.30. The number of halogens is 4. The van der Waals surface area contributed by atoms with Gasteiger partial charge < -0.3 is 9.73 Å². The number of hydrogen-bond donors (Lipinski definition) is 1. The first-order valence-electron chi connectivity index (χ1n) is 5.51. The number of furan rings is 1. The van der Waals surface area contributed by atoms with E-state index in [0.717, 1.165) is 12.1 Å². The number of anilines is 1. The van der Waals surface area contributed by atoms with Crippen molar-refractivity contribution in [2.45, 2.75) is 13.1 Å². The van der Waals surface area contributed by atoms with E-state index in [1.54, 1.807) is 13.0 Å². The van der Waals surface area contributed by atoms with Crippen molar-refractivity contribution in [1.29, 1.82) is 0 Å². The molecule has 0 aliphatic carbocycles. The van der Waals surface area contributed by atoms with Crippen LogP contribution in [0.1, 0.15) is 21.7 Å². The fraction of sp³-hybridized carbons (Fsp3) is 0.154. The Morgan fingerprint density at radius 1 is 1.30 bits per heavy atom. The molecule has 0 saturated carbocycles. The number of rotatable bonds is 2. The van der Waals surface area contributed by atoms with Gasteiger partial charge in [0.05, 0.1) is 17.5 Å². The van der Waals surface area contributed by atoms with Gasteiger partial charge >= 0.3 is 6.18 Å². The van der Waals surface area contributed by atoms with Gasteiger partial charge in [-0.25, -0.2) is 0 Å². The Balaban J connectivity index is 2.30.